The van der Waals surface area contributed by atoms with Crippen LogP contribution in [0.4, 0.5) is 0 Å². The van der Waals surface area contributed by atoms with E-state index in [1.54, 1.807) is 0 Å². The molecule has 1 aliphatic heterocycles. The van der Waals surface area contributed by atoms with Crippen molar-refractivity contribution >= 4 is 5.91 Å². The molecule has 3 nitrogen and oxygen atoms in total. The van der Waals surface area contributed by atoms with Crippen LogP contribution in [0.2, 0.25) is 0 Å². The highest BCUT2D eigenvalue weighted by Crippen LogP contribution is 2.20. The van der Waals surface area contributed by atoms with E-state index in [0.717, 1.165) is 38.8 Å². The highest BCUT2D eigenvalue weighted by Gasteiger charge is 2.32. The first-order valence-electron chi connectivity index (χ1n) is 7.15. The molecule has 0 bridgehead atoms. The molecule has 1 aliphatic rings. The molecule has 0 aliphatic carbocycles. The summed E-state index contributed by atoms with van der Waals surface area (Å²) in [5.41, 5.74) is 0. The van der Waals surface area contributed by atoms with Gasteiger partial charge in [0, 0.05) is 12.6 Å². The molecule has 3 unspecified atom stereocenters. The number of nitrogens with one attached hydrogen (secondary N) is 1. The number of piperidine rings is 1. The largest absolute Gasteiger partial charge is 0.338 e. The number of nitrogens with zero attached hydrogens (tertiary/aromatic N) is 1. The Kier molecular flexibility index (Phi) is 5.96. The third-order valence-corrected chi connectivity index (χ3v) is 4.07. The fraction of sp³-hybridized carbons (Fsp3) is 0.929. The molecule has 0 aromatic heterocycles. The molecule has 0 spiro atoms. The lowest BCUT2D eigenvalue weighted by Crippen LogP contribution is -2.54. The predicted molar refractivity (Wildman–Crippen MR) is 71.9 cm³/mol. The smallest absolute Gasteiger partial charge is 0.239 e. The molecule has 3 heteroatoms. The maximum absolute atomic E-state index is 12.4. The summed E-state index contributed by atoms with van der Waals surface area (Å²) in [5.74, 6) is 0.904. The van der Waals surface area contributed by atoms with Crippen LogP contribution in [0.5, 0.6) is 0 Å². The van der Waals surface area contributed by atoms with Crippen molar-refractivity contribution in [3.05, 3.63) is 0 Å². The second-order valence-corrected chi connectivity index (χ2v) is 5.31. The summed E-state index contributed by atoms with van der Waals surface area (Å²) in [4.78, 5) is 14.4. The number of hydrogen-bond acceptors (Lipinski definition) is 2. The number of likely N-dealkylation sites (tertiary alicyclic amines) is 1. The molecule has 100 valence electrons. The second kappa shape index (κ2) is 7.00. The highest BCUT2D eigenvalue weighted by molar-refractivity contribution is 5.82. The van der Waals surface area contributed by atoms with E-state index in [4.69, 9.17) is 0 Å². The van der Waals surface area contributed by atoms with Gasteiger partial charge in [-0.15, -0.1) is 0 Å². The number of rotatable bonds is 6. The van der Waals surface area contributed by atoms with Crippen molar-refractivity contribution in [1.82, 2.24) is 10.2 Å². The summed E-state index contributed by atoms with van der Waals surface area (Å²) >= 11 is 0. The molecule has 0 aromatic carbocycles. The topological polar surface area (TPSA) is 32.3 Å². The number of hydrogen-bond donors (Lipinski definition) is 1. The highest BCUT2D eigenvalue weighted by atomic mass is 16.2. The predicted octanol–water partition coefficient (Wildman–Crippen LogP) is 2.41. The van der Waals surface area contributed by atoms with E-state index in [2.05, 4.69) is 37.9 Å². The summed E-state index contributed by atoms with van der Waals surface area (Å²) in [5, 5.41) is 3.37. The normalized spacial score (nSPS) is 24.8. The zero-order chi connectivity index (χ0) is 12.8. The number of carbonyl (C=O) groups is 1. The van der Waals surface area contributed by atoms with Gasteiger partial charge in [-0.1, -0.05) is 27.2 Å². The average molecular weight is 240 g/mol. The van der Waals surface area contributed by atoms with E-state index in [9.17, 15) is 4.79 Å². The number of amides is 1. The first-order valence-corrected chi connectivity index (χ1v) is 7.15. The van der Waals surface area contributed by atoms with Crippen LogP contribution in [0.1, 0.15) is 53.4 Å². The molecule has 1 N–H and O–H groups in total. The van der Waals surface area contributed by atoms with Crippen LogP contribution < -0.4 is 5.32 Å². The third-order valence-electron chi connectivity index (χ3n) is 4.07. The summed E-state index contributed by atoms with van der Waals surface area (Å²) < 4.78 is 0. The Morgan fingerprint density at radius 3 is 2.71 bits per heavy atom. The van der Waals surface area contributed by atoms with Crippen LogP contribution in [0.15, 0.2) is 0 Å². The monoisotopic (exact) mass is 240 g/mol. The van der Waals surface area contributed by atoms with Gasteiger partial charge in [-0.3, -0.25) is 4.79 Å². The van der Waals surface area contributed by atoms with Crippen LogP contribution in [0.3, 0.4) is 0 Å². The van der Waals surface area contributed by atoms with E-state index in [1.807, 2.05) is 0 Å². The van der Waals surface area contributed by atoms with E-state index in [0.29, 0.717) is 17.9 Å². The van der Waals surface area contributed by atoms with Crippen LogP contribution in [0, 0.1) is 5.92 Å². The van der Waals surface area contributed by atoms with Gasteiger partial charge in [0.25, 0.3) is 0 Å². The summed E-state index contributed by atoms with van der Waals surface area (Å²) in [6, 6.07) is 0.439. The number of carbonyl (C=O) groups excluding carboxylic acids is 1. The zero-order valence-corrected chi connectivity index (χ0v) is 11.8. The van der Waals surface area contributed by atoms with Gasteiger partial charge in [0.1, 0.15) is 0 Å². The van der Waals surface area contributed by atoms with Gasteiger partial charge in [-0.2, -0.15) is 0 Å². The SMILES string of the molecule is CCCNC1CCCN(C(C)C(C)CC)C1=O. The minimum atomic E-state index is 0.0650. The van der Waals surface area contributed by atoms with Crippen molar-refractivity contribution in [2.24, 2.45) is 5.92 Å². The molecule has 0 aromatic rings. The Labute approximate surface area is 106 Å². The molecule has 1 saturated heterocycles. The van der Waals surface area contributed by atoms with Crippen LogP contribution in [0.25, 0.3) is 0 Å². The minimum absolute atomic E-state index is 0.0650. The van der Waals surface area contributed by atoms with Crippen molar-refractivity contribution in [1.29, 1.82) is 0 Å². The van der Waals surface area contributed by atoms with Gasteiger partial charge in [0.15, 0.2) is 0 Å². The van der Waals surface area contributed by atoms with Gasteiger partial charge < -0.3 is 10.2 Å². The summed E-state index contributed by atoms with van der Waals surface area (Å²) in [7, 11) is 0. The van der Waals surface area contributed by atoms with E-state index in [-0.39, 0.29) is 6.04 Å². The molecular formula is C14H28N2O. The Morgan fingerprint density at radius 1 is 1.41 bits per heavy atom. The van der Waals surface area contributed by atoms with E-state index in [1.165, 1.54) is 0 Å². The summed E-state index contributed by atoms with van der Waals surface area (Å²) in [6.45, 7) is 10.6. The Bertz CT molecular complexity index is 242. The standard InChI is InChI=1S/C14H28N2O/c1-5-9-15-13-8-7-10-16(14(13)17)12(4)11(3)6-2/h11-13,15H,5-10H2,1-4H3. The second-order valence-electron chi connectivity index (χ2n) is 5.31. The third kappa shape index (κ3) is 3.70. The molecule has 1 fully saturated rings. The lowest BCUT2D eigenvalue weighted by atomic mass is 9.95. The molecule has 3 atom stereocenters. The van der Waals surface area contributed by atoms with Crippen molar-refractivity contribution in [3.63, 3.8) is 0 Å². The van der Waals surface area contributed by atoms with Crippen LogP contribution >= 0.6 is 0 Å². The molecule has 0 radical (unpaired) electrons. The fourth-order valence-electron chi connectivity index (χ4n) is 2.46. The first kappa shape index (κ1) is 14.5. The Morgan fingerprint density at radius 2 is 2.12 bits per heavy atom. The summed E-state index contributed by atoms with van der Waals surface area (Å²) in [6.07, 6.45) is 4.36. The zero-order valence-electron chi connectivity index (χ0n) is 11.8. The lowest BCUT2D eigenvalue weighted by molar-refractivity contribution is -0.139. The Balaban J connectivity index is 2.58. The molecular weight excluding hydrogens is 212 g/mol. The molecule has 1 amide bonds. The van der Waals surface area contributed by atoms with E-state index < -0.39 is 0 Å². The first-order chi connectivity index (χ1) is 8.11. The van der Waals surface area contributed by atoms with Gasteiger partial charge in [-0.05, 0) is 38.6 Å². The van der Waals surface area contributed by atoms with E-state index >= 15 is 0 Å². The van der Waals surface area contributed by atoms with Crippen molar-refractivity contribution in [2.45, 2.75) is 65.5 Å². The molecule has 1 heterocycles. The van der Waals surface area contributed by atoms with Gasteiger partial charge in [-0.25, -0.2) is 0 Å². The molecule has 0 saturated carbocycles. The van der Waals surface area contributed by atoms with Gasteiger partial charge in [0.2, 0.25) is 5.91 Å². The fourth-order valence-corrected chi connectivity index (χ4v) is 2.46. The van der Waals surface area contributed by atoms with Crippen molar-refractivity contribution in [3.8, 4) is 0 Å². The van der Waals surface area contributed by atoms with Crippen molar-refractivity contribution < 1.29 is 4.79 Å². The van der Waals surface area contributed by atoms with Crippen LogP contribution in [-0.2, 0) is 4.79 Å². The van der Waals surface area contributed by atoms with Gasteiger partial charge in [0.05, 0.1) is 6.04 Å². The molecule has 1 rings (SSSR count). The maximum Gasteiger partial charge on any atom is 0.239 e. The Hall–Kier alpha value is -0.570. The van der Waals surface area contributed by atoms with Gasteiger partial charge >= 0.3 is 0 Å². The minimum Gasteiger partial charge on any atom is -0.338 e. The molecule has 17 heavy (non-hydrogen) atoms. The lowest BCUT2D eigenvalue weighted by Gasteiger charge is -2.39. The van der Waals surface area contributed by atoms with Crippen LogP contribution in [-0.4, -0.2) is 36.0 Å². The average Bonchev–Trinajstić information content (AvgIpc) is 2.35. The maximum atomic E-state index is 12.4. The van der Waals surface area contributed by atoms with Crippen molar-refractivity contribution in [2.75, 3.05) is 13.1 Å². The quantitative estimate of drug-likeness (QED) is 0.773.